The number of nitrogens with zero attached hydrogens (tertiary/aromatic N) is 3. The lowest BCUT2D eigenvalue weighted by Crippen LogP contribution is -2.42. The van der Waals surface area contributed by atoms with Crippen LogP contribution in [-0.2, 0) is 17.5 Å². The average Bonchev–Trinajstić information content (AvgIpc) is 3.71. The molecule has 0 spiro atoms. The van der Waals surface area contributed by atoms with Crippen molar-refractivity contribution >= 4 is 34.2 Å². The zero-order chi connectivity index (χ0) is 31.6. The van der Waals surface area contributed by atoms with E-state index in [-0.39, 0.29) is 24.4 Å². The highest BCUT2D eigenvalue weighted by molar-refractivity contribution is 6.08. The molecule has 45 heavy (non-hydrogen) atoms. The van der Waals surface area contributed by atoms with Crippen LogP contribution in [0.5, 0.6) is 0 Å². The number of anilines is 2. The summed E-state index contributed by atoms with van der Waals surface area (Å²) in [5, 5.41) is 6.76. The number of aromatic nitrogens is 1. The fraction of sp³-hybridized carbons (Fsp3) is 0.343. The highest BCUT2D eigenvalue weighted by Gasteiger charge is 2.33. The van der Waals surface area contributed by atoms with Crippen molar-refractivity contribution in [3.63, 3.8) is 0 Å². The molecule has 2 aliphatic heterocycles. The van der Waals surface area contributed by atoms with Gasteiger partial charge in [-0.1, -0.05) is 30.3 Å². The predicted molar refractivity (Wildman–Crippen MR) is 170 cm³/mol. The van der Waals surface area contributed by atoms with Crippen LogP contribution in [-0.4, -0.2) is 58.8 Å². The Hall–Kier alpha value is -4.44. The van der Waals surface area contributed by atoms with Gasteiger partial charge >= 0.3 is 6.18 Å². The molecular formula is C35H36F3N5O2. The van der Waals surface area contributed by atoms with E-state index in [1.165, 1.54) is 31.9 Å². The van der Waals surface area contributed by atoms with Gasteiger partial charge in [-0.05, 0) is 97.9 Å². The van der Waals surface area contributed by atoms with Crippen molar-refractivity contribution in [2.75, 3.05) is 36.8 Å². The van der Waals surface area contributed by atoms with Crippen LogP contribution in [0.4, 0.5) is 24.7 Å². The van der Waals surface area contributed by atoms with Gasteiger partial charge in [-0.15, -0.1) is 0 Å². The molecule has 6 rings (SSSR count). The molecular weight excluding hydrogens is 579 g/mol. The van der Waals surface area contributed by atoms with Crippen LogP contribution in [0.3, 0.4) is 0 Å². The van der Waals surface area contributed by atoms with Crippen LogP contribution >= 0.6 is 0 Å². The van der Waals surface area contributed by atoms with Gasteiger partial charge in [-0.3, -0.25) is 9.59 Å². The van der Waals surface area contributed by atoms with E-state index in [2.05, 4.69) is 15.5 Å². The third-order valence-electron chi connectivity index (χ3n) is 8.62. The summed E-state index contributed by atoms with van der Waals surface area (Å²) in [7, 11) is 0. The molecule has 2 amide bonds. The van der Waals surface area contributed by atoms with E-state index in [0.29, 0.717) is 40.1 Å². The number of nitrogens with one attached hydrogen (secondary N) is 2. The summed E-state index contributed by atoms with van der Waals surface area (Å²) < 4.78 is 39.1. The Morgan fingerprint density at radius 2 is 1.67 bits per heavy atom. The topological polar surface area (TPSA) is 77.6 Å². The van der Waals surface area contributed by atoms with Gasteiger partial charge in [-0.25, -0.2) is 4.98 Å². The van der Waals surface area contributed by atoms with Gasteiger partial charge in [0.1, 0.15) is 5.82 Å². The Kier molecular flexibility index (Phi) is 8.76. The number of halogens is 3. The highest BCUT2D eigenvalue weighted by atomic mass is 19.4. The first kappa shape index (κ1) is 30.6. The third-order valence-corrected chi connectivity index (χ3v) is 8.62. The summed E-state index contributed by atoms with van der Waals surface area (Å²) in [6.45, 7) is 5.40. The van der Waals surface area contributed by atoms with Crippen molar-refractivity contribution in [1.82, 2.24) is 14.8 Å². The molecule has 0 bridgehead atoms. The van der Waals surface area contributed by atoms with E-state index in [1.54, 1.807) is 6.07 Å². The van der Waals surface area contributed by atoms with Crippen LogP contribution in [0.15, 0.2) is 72.8 Å². The molecule has 1 aromatic heterocycles. The minimum atomic E-state index is -4.40. The Morgan fingerprint density at radius 1 is 0.911 bits per heavy atom. The fourth-order valence-corrected chi connectivity index (χ4v) is 6.37. The highest BCUT2D eigenvalue weighted by Crippen LogP contribution is 2.32. The number of pyridine rings is 1. The molecule has 0 radical (unpaired) electrons. The first-order valence-electron chi connectivity index (χ1n) is 15.4. The Morgan fingerprint density at radius 3 is 2.40 bits per heavy atom. The van der Waals surface area contributed by atoms with Crippen LogP contribution < -0.4 is 10.6 Å². The molecule has 0 saturated carbocycles. The number of benzene rings is 3. The van der Waals surface area contributed by atoms with E-state index in [0.717, 1.165) is 55.7 Å². The molecule has 2 saturated heterocycles. The number of amides is 2. The first-order valence-corrected chi connectivity index (χ1v) is 15.4. The lowest BCUT2D eigenvalue weighted by atomic mass is 9.99. The second-order valence-corrected chi connectivity index (χ2v) is 11.9. The van der Waals surface area contributed by atoms with E-state index in [1.807, 2.05) is 47.4 Å². The van der Waals surface area contributed by atoms with Crippen molar-refractivity contribution in [3.05, 3.63) is 89.5 Å². The Balaban J connectivity index is 1.34. The molecule has 4 aromatic rings. The number of alkyl halides is 3. The second-order valence-electron chi connectivity index (χ2n) is 11.9. The number of carbonyl (C=O) groups is 2. The normalized spacial score (nSPS) is 17.2. The maximum absolute atomic E-state index is 14.3. The molecule has 7 nitrogen and oxygen atoms in total. The van der Waals surface area contributed by atoms with Gasteiger partial charge in [-0.2, -0.15) is 13.2 Å². The zero-order valence-corrected chi connectivity index (χ0v) is 25.2. The van der Waals surface area contributed by atoms with E-state index < -0.39 is 11.7 Å². The third kappa shape index (κ3) is 7.12. The van der Waals surface area contributed by atoms with Crippen molar-refractivity contribution in [2.24, 2.45) is 0 Å². The molecule has 0 aliphatic carbocycles. The standard InChI is InChI=1S/C35H36F3N5O2/c1-23(44)40-28-7-4-6-25(18-28)26-11-14-32-30(19-26)31(34(45)43-17-5-8-29(43)22-42-15-2-3-16-42)20-33(41-32)39-21-24-9-12-27(13-10-24)35(36,37)38/h4,6-7,9-14,18-20,29H,2-3,5,8,15-17,21-22H2,1H3,(H,39,41)(H,40,44)/t29-/m0/s1. The molecule has 1 atom stereocenters. The molecule has 10 heteroatoms. The SMILES string of the molecule is CC(=O)Nc1cccc(-c2ccc3nc(NCc4ccc(C(F)(F)F)cc4)cc(C(=O)N4CCC[C@H]4CN4CCCC4)c3c2)c1. The van der Waals surface area contributed by atoms with Gasteiger partial charge in [0.25, 0.3) is 5.91 Å². The summed E-state index contributed by atoms with van der Waals surface area (Å²) >= 11 is 0. The largest absolute Gasteiger partial charge is 0.416 e. The Labute approximate surface area is 260 Å². The van der Waals surface area contributed by atoms with E-state index in [9.17, 15) is 22.8 Å². The maximum Gasteiger partial charge on any atom is 0.416 e. The number of hydrogen-bond donors (Lipinski definition) is 2. The second kappa shape index (κ2) is 12.9. The van der Waals surface area contributed by atoms with E-state index in [4.69, 9.17) is 4.98 Å². The zero-order valence-electron chi connectivity index (χ0n) is 25.2. The number of fused-ring (bicyclic) bond motifs is 1. The van der Waals surface area contributed by atoms with Crippen LogP contribution in [0, 0.1) is 0 Å². The van der Waals surface area contributed by atoms with E-state index >= 15 is 0 Å². The van der Waals surface area contributed by atoms with Crippen molar-refractivity contribution < 1.29 is 22.8 Å². The van der Waals surface area contributed by atoms with Crippen molar-refractivity contribution in [1.29, 1.82) is 0 Å². The summed E-state index contributed by atoms with van der Waals surface area (Å²) in [5.74, 6) is 0.264. The monoisotopic (exact) mass is 615 g/mol. The minimum absolute atomic E-state index is 0.0502. The molecule has 234 valence electrons. The van der Waals surface area contributed by atoms with Crippen LogP contribution in [0.25, 0.3) is 22.0 Å². The maximum atomic E-state index is 14.3. The average molecular weight is 616 g/mol. The minimum Gasteiger partial charge on any atom is -0.366 e. The summed E-state index contributed by atoms with van der Waals surface area (Å²) in [5.41, 5.74) is 3.58. The van der Waals surface area contributed by atoms with Gasteiger partial charge in [0.2, 0.25) is 5.91 Å². The van der Waals surface area contributed by atoms with Crippen LogP contribution in [0.1, 0.15) is 54.1 Å². The molecule has 2 N–H and O–H groups in total. The number of rotatable bonds is 8. The van der Waals surface area contributed by atoms with Gasteiger partial charge in [0.15, 0.2) is 0 Å². The van der Waals surface area contributed by atoms with Gasteiger partial charge in [0, 0.05) is 43.7 Å². The van der Waals surface area contributed by atoms with Crippen LogP contribution in [0.2, 0.25) is 0 Å². The number of hydrogen-bond acceptors (Lipinski definition) is 5. The molecule has 3 heterocycles. The molecule has 3 aromatic carbocycles. The summed E-state index contributed by atoms with van der Waals surface area (Å²) in [4.78, 5) is 35.2. The lowest BCUT2D eigenvalue weighted by molar-refractivity contribution is -0.137. The molecule has 2 fully saturated rings. The fourth-order valence-electron chi connectivity index (χ4n) is 6.37. The quantitative estimate of drug-likeness (QED) is 0.219. The molecule has 0 unspecified atom stereocenters. The number of carbonyl (C=O) groups excluding carboxylic acids is 2. The predicted octanol–water partition coefficient (Wildman–Crippen LogP) is 7.19. The van der Waals surface area contributed by atoms with Gasteiger partial charge < -0.3 is 20.4 Å². The number of likely N-dealkylation sites (tertiary alicyclic amines) is 2. The smallest absolute Gasteiger partial charge is 0.366 e. The van der Waals surface area contributed by atoms with Crippen molar-refractivity contribution in [3.8, 4) is 11.1 Å². The summed E-state index contributed by atoms with van der Waals surface area (Å²) in [6, 6.07) is 20.2. The Bertz CT molecular complexity index is 1700. The first-order chi connectivity index (χ1) is 21.6. The van der Waals surface area contributed by atoms with Gasteiger partial charge in [0.05, 0.1) is 16.6 Å². The summed E-state index contributed by atoms with van der Waals surface area (Å²) in [6.07, 6.45) is -0.0997. The van der Waals surface area contributed by atoms with Crippen molar-refractivity contribution in [2.45, 2.75) is 51.4 Å². The molecule has 2 aliphatic rings. The lowest BCUT2D eigenvalue weighted by Gasteiger charge is -2.29.